The molecule has 1 aromatic carbocycles. The molecule has 3 heterocycles. The molecule has 2 N–H and O–H groups in total. The fourth-order valence-corrected chi connectivity index (χ4v) is 6.99. The van der Waals surface area contributed by atoms with Crippen molar-refractivity contribution in [2.45, 2.75) is 49.8 Å². The Hall–Kier alpha value is -2.86. The van der Waals surface area contributed by atoms with Crippen molar-refractivity contribution in [3.63, 3.8) is 0 Å². The minimum Gasteiger partial charge on any atom is -0.376 e. The van der Waals surface area contributed by atoms with Crippen molar-refractivity contribution in [2.75, 3.05) is 0 Å². The highest BCUT2D eigenvalue weighted by atomic mass is 32.2. The molecule has 3 aromatic heterocycles. The van der Waals surface area contributed by atoms with E-state index in [1.807, 2.05) is 25.1 Å². The van der Waals surface area contributed by atoms with Crippen LogP contribution in [0, 0.1) is 6.92 Å². The molecule has 1 aliphatic carbocycles. The maximum Gasteiger partial charge on any atom is 0.421 e. The van der Waals surface area contributed by atoms with Crippen molar-refractivity contribution in [3.8, 4) is 11.3 Å². The van der Waals surface area contributed by atoms with Gasteiger partial charge in [-0.25, -0.2) is 13.1 Å². The summed E-state index contributed by atoms with van der Waals surface area (Å²) < 4.78 is 69.8. The van der Waals surface area contributed by atoms with Crippen LogP contribution in [0.1, 0.15) is 47.5 Å². The topological polar surface area (TPSA) is 92.2 Å². The Labute approximate surface area is 216 Å². The molecule has 0 bridgehead atoms. The van der Waals surface area contributed by atoms with Gasteiger partial charge in [0.05, 0.1) is 22.7 Å². The van der Waals surface area contributed by atoms with Gasteiger partial charge in [0.2, 0.25) is 10.0 Å². The molecule has 0 unspecified atom stereocenters. The lowest BCUT2D eigenvalue weighted by Gasteiger charge is -2.26. The van der Waals surface area contributed by atoms with Crippen molar-refractivity contribution >= 4 is 31.4 Å². The molecule has 1 aliphatic rings. The first-order chi connectivity index (χ1) is 17.4. The first-order valence-corrected chi connectivity index (χ1v) is 14.0. The molecular weight excluding hydrogens is 523 g/mol. The smallest absolute Gasteiger partial charge is 0.376 e. The Morgan fingerprint density at radius 1 is 1.08 bits per heavy atom. The van der Waals surface area contributed by atoms with E-state index in [-0.39, 0.29) is 11.3 Å². The number of nitrogens with zero attached hydrogens (tertiary/aromatic N) is 2. The monoisotopic (exact) mass is 547 g/mol. The lowest BCUT2D eigenvalue weighted by atomic mass is 9.94. The van der Waals surface area contributed by atoms with Gasteiger partial charge in [-0.2, -0.15) is 13.2 Å². The summed E-state index contributed by atoms with van der Waals surface area (Å²) in [5.74, 6) is 0. The molecule has 0 amide bonds. The summed E-state index contributed by atoms with van der Waals surface area (Å²) in [4.78, 5) is 9.44. The number of aliphatic hydroxyl groups is 1. The van der Waals surface area contributed by atoms with Gasteiger partial charge in [-0.1, -0.05) is 24.3 Å². The van der Waals surface area contributed by atoms with E-state index in [4.69, 9.17) is 0 Å². The first kappa shape index (κ1) is 25.8. The lowest BCUT2D eigenvalue weighted by molar-refractivity contribution is -0.258. The van der Waals surface area contributed by atoms with Crippen LogP contribution in [-0.2, 0) is 15.6 Å². The van der Waals surface area contributed by atoms with Crippen LogP contribution in [-0.4, -0.2) is 34.9 Å². The second-order valence-corrected chi connectivity index (χ2v) is 12.4. The van der Waals surface area contributed by atoms with Gasteiger partial charge >= 0.3 is 6.18 Å². The average Bonchev–Trinajstić information content (AvgIpc) is 3.62. The van der Waals surface area contributed by atoms with Crippen LogP contribution < -0.4 is 4.72 Å². The molecule has 194 valence electrons. The number of thiophene rings is 1. The van der Waals surface area contributed by atoms with E-state index in [2.05, 4.69) is 14.7 Å². The quantitative estimate of drug-likeness (QED) is 0.314. The number of nitrogens with one attached hydrogen (secondary N) is 1. The maximum atomic E-state index is 13.5. The van der Waals surface area contributed by atoms with Crippen LogP contribution in [0.5, 0.6) is 0 Å². The van der Waals surface area contributed by atoms with Gasteiger partial charge in [-0.05, 0) is 67.5 Å². The van der Waals surface area contributed by atoms with E-state index in [0.717, 1.165) is 21.7 Å². The number of pyridine rings is 2. The van der Waals surface area contributed by atoms with Gasteiger partial charge in [0, 0.05) is 27.5 Å². The summed E-state index contributed by atoms with van der Waals surface area (Å²) in [6, 6.07) is 12.5. The highest BCUT2D eigenvalue weighted by Gasteiger charge is 2.51. The van der Waals surface area contributed by atoms with Gasteiger partial charge in [-0.15, -0.1) is 11.3 Å². The third kappa shape index (κ3) is 4.88. The zero-order chi connectivity index (χ0) is 26.6. The fourth-order valence-electron chi connectivity index (χ4n) is 4.16. The predicted molar refractivity (Wildman–Crippen MR) is 137 cm³/mol. The van der Waals surface area contributed by atoms with Crippen LogP contribution in [0.15, 0.2) is 60.9 Å². The van der Waals surface area contributed by atoms with Gasteiger partial charge in [-0.3, -0.25) is 9.97 Å². The number of aromatic nitrogens is 2. The second-order valence-electron chi connectivity index (χ2n) is 9.37. The number of fused-ring (bicyclic) bond motifs is 1. The van der Waals surface area contributed by atoms with Crippen molar-refractivity contribution in [3.05, 3.63) is 82.6 Å². The molecule has 37 heavy (non-hydrogen) atoms. The van der Waals surface area contributed by atoms with Crippen molar-refractivity contribution in [2.24, 2.45) is 0 Å². The SMILES string of the molecule is Cc1cccnc1[C@@H](NS(=O)(=O)C1CC1)c1cc2cccc(-c3cc([C@@](C)(O)C(F)(F)F)ccn3)c2s1. The highest BCUT2D eigenvalue weighted by molar-refractivity contribution is 7.90. The fraction of sp³-hybridized carbons (Fsp3) is 0.308. The van der Waals surface area contributed by atoms with E-state index < -0.39 is 33.1 Å². The summed E-state index contributed by atoms with van der Waals surface area (Å²) in [6.07, 6.45) is -0.781. The van der Waals surface area contributed by atoms with Crippen molar-refractivity contribution in [1.82, 2.24) is 14.7 Å². The maximum absolute atomic E-state index is 13.5. The number of sulfonamides is 1. The van der Waals surface area contributed by atoms with Crippen molar-refractivity contribution < 1.29 is 26.7 Å². The zero-order valence-electron chi connectivity index (χ0n) is 20.0. The lowest BCUT2D eigenvalue weighted by Crippen LogP contribution is -2.39. The van der Waals surface area contributed by atoms with Gasteiger partial charge < -0.3 is 5.11 Å². The third-order valence-corrected chi connectivity index (χ3v) is 9.73. The number of halogens is 3. The van der Waals surface area contributed by atoms with Crippen LogP contribution in [0.25, 0.3) is 21.3 Å². The van der Waals surface area contributed by atoms with Crippen molar-refractivity contribution in [1.29, 1.82) is 0 Å². The summed E-state index contributed by atoms with van der Waals surface area (Å²) in [7, 11) is -3.57. The number of hydrogen-bond donors (Lipinski definition) is 2. The Kier molecular flexibility index (Phi) is 6.38. The molecule has 0 saturated heterocycles. The van der Waals surface area contributed by atoms with E-state index >= 15 is 0 Å². The molecular formula is C26H24F3N3O3S2. The second kappa shape index (κ2) is 9.16. The van der Waals surface area contributed by atoms with Crippen LogP contribution in [0.3, 0.4) is 0 Å². The first-order valence-electron chi connectivity index (χ1n) is 11.6. The number of rotatable bonds is 7. The summed E-state index contributed by atoms with van der Waals surface area (Å²) in [5.41, 5.74) is -1.10. The Morgan fingerprint density at radius 2 is 1.84 bits per heavy atom. The normalized spacial score (nSPS) is 17.0. The summed E-state index contributed by atoms with van der Waals surface area (Å²) in [6.45, 7) is 2.57. The Balaban J connectivity index is 1.62. The largest absolute Gasteiger partial charge is 0.421 e. The van der Waals surface area contributed by atoms with E-state index in [1.165, 1.54) is 23.6 Å². The average molecular weight is 548 g/mol. The molecule has 1 fully saturated rings. The number of aryl methyl sites for hydroxylation is 1. The van der Waals surface area contributed by atoms with E-state index in [0.29, 0.717) is 35.9 Å². The third-order valence-electron chi connectivity index (χ3n) is 6.57. The van der Waals surface area contributed by atoms with Gasteiger partial charge in [0.25, 0.3) is 0 Å². The minimum atomic E-state index is -4.86. The summed E-state index contributed by atoms with van der Waals surface area (Å²) in [5, 5.41) is 10.5. The minimum absolute atomic E-state index is 0.269. The van der Waals surface area contributed by atoms with Crippen LogP contribution in [0.4, 0.5) is 13.2 Å². The van der Waals surface area contributed by atoms with Gasteiger partial charge in [0.1, 0.15) is 0 Å². The van der Waals surface area contributed by atoms with E-state index in [9.17, 15) is 26.7 Å². The molecule has 1 saturated carbocycles. The number of alkyl halides is 3. The number of benzene rings is 1. The van der Waals surface area contributed by atoms with Gasteiger partial charge in [0.15, 0.2) is 5.60 Å². The molecule has 11 heteroatoms. The Bertz CT molecular complexity index is 1580. The van der Waals surface area contributed by atoms with E-state index in [1.54, 1.807) is 24.4 Å². The molecule has 6 nitrogen and oxygen atoms in total. The number of hydrogen-bond acceptors (Lipinski definition) is 6. The molecule has 0 radical (unpaired) electrons. The molecule has 0 spiro atoms. The zero-order valence-corrected chi connectivity index (χ0v) is 21.6. The van der Waals surface area contributed by atoms with Crippen LogP contribution >= 0.6 is 11.3 Å². The van der Waals surface area contributed by atoms with Crippen LogP contribution in [0.2, 0.25) is 0 Å². The standard InChI is InChI=1S/C26H24F3N3O3S2/c1-15-5-4-11-31-22(15)23(32-37(34,35)18-8-9-18)21-13-16-6-3-7-19(24(16)36-21)20-14-17(10-12-30-20)25(2,33)26(27,28)29/h3-7,10-14,18,23,32-33H,8-9H2,1-2H3/t23-,25+/m0/s1. The Morgan fingerprint density at radius 3 is 2.51 bits per heavy atom. The molecule has 0 aliphatic heterocycles. The highest BCUT2D eigenvalue weighted by Crippen LogP contribution is 2.42. The summed E-state index contributed by atoms with van der Waals surface area (Å²) >= 11 is 1.33. The molecule has 5 rings (SSSR count). The predicted octanol–water partition coefficient (Wildman–Crippen LogP) is 5.61. The molecule has 4 aromatic rings. The molecule has 2 atom stereocenters.